The lowest BCUT2D eigenvalue weighted by molar-refractivity contribution is -0.141. The monoisotopic (exact) mass is 543 g/mol. The third-order valence-electron chi connectivity index (χ3n) is 6.20. The van der Waals surface area contributed by atoms with Crippen molar-refractivity contribution in [2.45, 2.75) is 43.2 Å². The summed E-state index contributed by atoms with van der Waals surface area (Å²) in [7, 11) is 1.78. The van der Waals surface area contributed by atoms with Crippen molar-refractivity contribution in [3.63, 3.8) is 0 Å². The third kappa shape index (κ3) is 7.70. The van der Waals surface area contributed by atoms with Gasteiger partial charge < -0.3 is 9.47 Å². The van der Waals surface area contributed by atoms with Crippen LogP contribution >= 0.6 is 11.8 Å². The van der Waals surface area contributed by atoms with Gasteiger partial charge in [0.2, 0.25) is 0 Å². The fourth-order valence-corrected chi connectivity index (χ4v) is 4.77. The van der Waals surface area contributed by atoms with Gasteiger partial charge in [0.05, 0.1) is 5.56 Å². The van der Waals surface area contributed by atoms with Crippen molar-refractivity contribution in [1.82, 2.24) is 24.6 Å². The number of halogens is 6. The average molecular weight is 544 g/mol. The lowest BCUT2D eigenvalue weighted by Gasteiger charge is -2.22. The second kappa shape index (κ2) is 11.4. The van der Waals surface area contributed by atoms with E-state index in [9.17, 15) is 26.3 Å². The van der Waals surface area contributed by atoms with Gasteiger partial charge in [-0.25, -0.2) is 0 Å². The van der Waals surface area contributed by atoms with Crippen LogP contribution in [0.4, 0.5) is 26.3 Å². The molecule has 1 saturated carbocycles. The van der Waals surface area contributed by atoms with Crippen LogP contribution in [0.5, 0.6) is 0 Å². The van der Waals surface area contributed by atoms with Crippen LogP contribution in [-0.4, -0.2) is 50.0 Å². The first kappa shape index (κ1) is 27.4. The van der Waals surface area contributed by atoms with Crippen LogP contribution in [0.1, 0.15) is 36.1 Å². The number of pyridine rings is 1. The predicted molar refractivity (Wildman–Crippen MR) is 129 cm³/mol. The molecule has 0 N–H and O–H groups in total. The van der Waals surface area contributed by atoms with Gasteiger partial charge in [0.15, 0.2) is 11.0 Å². The molecule has 4 rings (SSSR count). The van der Waals surface area contributed by atoms with E-state index in [1.54, 1.807) is 11.6 Å². The maximum atomic E-state index is 12.8. The molecule has 1 fully saturated rings. The molecule has 1 aliphatic rings. The van der Waals surface area contributed by atoms with E-state index in [1.165, 1.54) is 49.0 Å². The van der Waals surface area contributed by atoms with Gasteiger partial charge in [0.1, 0.15) is 5.69 Å². The van der Waals surface area contributed by atoms with Crippen LogP contribution in [0.15, 0.2) is 47.8 Å². The minimum absolute atomic E-state index is 0.497. The SMILES string of the molecule is Cn1c(SCCCN(CCc2ccc(C(F)(F)F)nc2)CC2CC2)nnc1-c1ccc(C(F)(F)F)cc1. The van der Waals surface area contributed by atoms with E-state index in [1.807, 2.05) is 0 Å². The molecule has 2 heterocycles. The van der Waals surface area contributed by atoms with Gasteiger partial charge >= 0.3 is 12.4 Å². The van der Waals surface area contributed by atoms with Crippen LogP contribution in [0, 0.1) is 5.92 Å². The number of nitrogens with zero attached hydrogens (tertiary/aromatic N) is 5. The summed E-state index contributed by atoms with van der Waals surface area (Å²) in [4.78, 5) is 5.89. The Morgan fingerprint density at radius 2 is 1.68 bits per heavy atom. The Balaban J connectivity index is 1.27. The quantitative estimate of drug-likeness (QED) is 0.160. The van der Waals surface area contributed by atoms with Crippen molar-refractivity contribution in [2.75, 3.05) is 25.4 Å². The Kier molecular flexibility index (Phi) is 8.47. The molecular weight excluding hydrogens is 516 g/mol. The summed E-state index contributed by atoms with van der Waals surface area (Å²) in [6.45, 7) is 2.57. The number of benzene rings is 1. The van der Waals surface area contributed by atoms with Crippen LogP contribution in [0.25, 0.3) is 11.4 Å². The Hall–Kier alpha value is -2.60. The van der Waals surface area contributed by atoms with Gasteiger partial charge in [0.25, 0.3) is 0 Å². The molecule has 0 radical (unpaired) electrons. The molecule has 0 saturated heterocycles. The molecule has 0 unspecified atom stereocenters. The molecule has 5 nitrogen and oxygen atoms in total. The number of aromatic nitrogens is 4. The zero-order valence-electron chi connectivity index (χ0n) is 20.2. The number of alkyl halides is 6. The van der Waals surface area contributed by atoms with Gasteiger partial charge in [-0.1, -0.05) is 30.0 Å². The largest absolute Gasteiger partial charge is 0.433 e. The van der Waals surface area contributed by atoms with E-state index in [0.717, 1.165) is 55.6 Å². The lowest BCUT2D eigenvalue weighted by atomic mass is 10.1. The molecule has 3 aromatic rings. The second-order valence-electron chi connectivity index (χ2n) is 9.19. The number of hydrogen-bond donors (Lipinski definition) is 0. The maximum Gasteiger partial charge on any atom is 0.433 e. The van der Waals surface area contributed by atoms with Crippen molar-refractivity contribution < 1.29 is 26.3 Å². The highest BCUT2D eigenvalue weighted by Crippen LogP contribution is 2.32. The Morgan fingerprint density at radius 1 is 0.946 bits per heavy atom. The first-order valence-corrected chi connectivity index (χ1v) is 12.9. The summed E-state index contributed by atoms with van der Waals surface area (Å²) in [5.41, 5.74) is -0.256. The number of thioether (sulfide) groups is 1. The second-order valence-corrected chi connectivity index (χ2v) is 10.2. The van der Waals surface area contributed by atoms with E-state index in [4.69, 9.17) is 0 Å². The standard InChI is InChI=1S/C25H27F6N5S/c1-35-22(19-6-8-20(9-7-19)24(26,27)28)33-34-23(35)37-14-2-12-36(16-18-3-4-18)13-11-17-5-10-21(32-15-17)25(29,30)31/h5-10,15,18H,2-4,11-14,16H2,1H3. The predicted octanol–water partition coefficient (Wildman–Crippen LogP) is 6.35. The molecule has 0 aliphatic heterocycles. The molecular formula is C25H27F6N5S. The molecule has 200 valence electrons. The molecule has 0 atom stereocenters. The van der Waals surface area contributed by atoms with Crippen LogP contribution in [0.3, 0.4) is 0 Å². The first-order chi connectivity index (χ1) is 17.5. The van der Waals surface area contributed by atoms with Crippen molar-refractivity contribution in [3.05, 3.63) is 59.4 Å². The molecule has 1 aliphatic carbocycles. The molecule has 0 amide bonds. The third-order valence-corrected chi connectivity index (χ3v) is 7.31. The van der Waals surface area contributed by atoms with E-state index in [-0.39, 0.29) is 0 Å². The number of rotatable bonds is 11. The van der Waals surface area contributed by atoms with Gasteiger partial charge in [-0.3, -0.25) is 4.98 Å². The van der Waals surface area contributed by atoms with E-state index in [2.05, 4.69) is 20.1 Å². The smallest absolute Gasteiger partial charge is 0.305 e. The van der Waals surface area contributed by atoms with Gasteiger partial charge in [0, 0.05) is 37.7 Å². The van der Waals surface area contributed by atoms with Crippen LogP contribution in [0.2, 0.25) is 0 Å². The van der Waals surface area contributed by atoms with Gasteiger partial charge in [-0.15, -0.1) is 10.2 Å². The Labute approximate surface area is 215 Å². The lowest BCUT2D eigenvalue weighted by Crippen LogP contribution is -2.29. The number of hydrogen-bond acceptors (Lipinski definition) is 5. The summed E-state index contributed by atoms with van der Waals surface area (Å²) in [5.74, 6) is 1.96. The summed E-state index contributed by atoms with van der Waals surface area (Å²) >= 11 is 1.53. The molecule has 37 heavy (non-hydrogen) atoms. The van der Waals surface area contributed by atoms with E-state index in [0.29, 0.717) is 28.9 Å². The maximum absolute atomic E-state index is 12.8. The molecule has 0 bridgehead atoms. The minimum atomic E-state index is -4.44. The van der Waals surface area contributed by atoms with Gasteiger partial charge in [-0.05, 0) is 61.9 Å². The normalized spacial score (nSPS) is 14.5. The van der Waals surface area contributed by atoms with Crippen LogP contribution < -0.4 is 0 Å². The van der Waals surface area contributed by atoms with Crippen molar-refractivity contribution in [1.29, 1.82) is 0 Å². The Bertz CT molecular complexity index is 1150. The van der Waals surface area contributed by atoms with E-state index >= 15 is 0 Å². The van der Waals surface area contributed by atoms with Gasteiger partial charge in [-0.2, -0.15) is 26.3 Å². The summed E-state index contributed by atoms with van der Waals surface area (Å²) in [6, 6.07) is 7.37. The first-order valence-electron chi connectivity index (χ1n) is 11.9. The highest BCUT2D eigenvalue weighted by atomic mass is 32.2. The topological polar surface area (TPSA) is 46.8 Å². The highest BCUT2D eigenvalue weighted by molar-refractivity contribution is 7.99. The molecule has 2 aromatic heterocycles. The zero-order chi connectivity index (χ0) is 26.6. The highest BCUT2D eigenvalue weighted by Gasteiger charge is 2.32. The fourth-order valence-electron chi connectivity index (χ4n) is 3.94. The molecule has 12 heteroatoms. The summed E-state index contributed by atoms with van der Waals surface area (Å²) in [6.07, 6.45) is -3.60. The van der Waals surface area contributed by atoms with Crippen molar-refractivity contribution >= 4 is 11.8 Å². The minimum Gasteiger partial charge on any atom is -0.305 e. The zero-order valence-corrected chi connectivity index (χ0v) is 21.0. The van der Waals surface area contributed by atoms with Crippen LogP contribution in [-0.2, 0) is 25.8 Å². The molecule has 1 aromatic carbocycles. The average Bonchev–Trinajstić information content (AvgIpc) is 3.59. The van der Waals surface area contributed by atoms with Crippen molar-refractivity contribution in [3.8, 4) is 11.4 Å². The fraction of sp³-hybridized carbons (Fsp3) is 0.480. The Morgan fingerprint density at radius 3 is 2.27 bits per heavy atom. The summed E-state index contributed by atoms with van der Waals surface area (Å²) in [5, 5.41) is 9.02. The van der Waals surface area contributed by atoms with Crippen molar-refractivity contribution in [2.24, 2.45) is 13.0 Å². The van der Waals surface area contributed by atoms with E-state index < -0.39 is 23.6 Å². The molecule has 0 spiro atoms. The summed E-state index contributed by atoms with van der Waals surface area (Å²) < 4.78 is 78.4.